The lowest BCUT2D eigenvalue weighted by Gasteiger charge is -2.29. The van der Waals surface area contributed by atoms with Crippen LogP contribution in [-0.4, -0.2) is 36.2 Å². The highest BCUT2D eigenvalue weighted by Gasteiger charge is 2.28. The molecular weight excluding hydrogens is 298 g/mol. The van der Waals surface area contributed by atoms with Gasteiger partial charge in [-0.15, -0.1) is 11.3 Å². The summed E-state index contributed by atoms with van der Waals surface area (Å²) in [5.41, 5.74) is 2.80. The van der Waals surface area contributed by atoms with Crippen molar-refractivity contribution < 1.29 is 9.53 Å². The van der Waals surface area contributed by atoms with Crippen molar-refractivity contribution >= 4 is 22.9 Å². The number of nitrogens with one attached hydrogen (secondary N) is 2. The molecule has 22 heavy (non-hydrogen) atoms. The summed E-state index contributed by atoms with van der Waals surface area (Å²) < 4.78 is 5.50. The molecule has 2 aromatic rings. The molecule has 1 saturated heterocycles. The second-order valence-corrected chi connectivity index (χ2v) is 6.39. The number of hydrogen-bond acceptors (Lipinski definition) is 5. The molecule has 0 spiro atoms. The highest BCUT2D eigenvalue weighted by Crippen LogP contribution is 2.23. The van der Waals surface area contributed by atoms with Crippen LogP contribution in [0.1, 0.15) is 11.9 Å². The second-order valence-electron chi connectivity index (χ2n) is 5.33. The molecule has 1 fully saturated rings. The predicted molar refractivity (Wildman–Crippen MR) is 88.1 cm³/mol. The first-order chi connectivity index (χ1) is 10.6. The van der Waals surface area contributed by atoms with E-state index in [0.717, 1.165) is 22.0 Å². The highest BCUT2D eigenvalue weighted by molar-refractivity contribution is 7.09. The molecule has 5 nitrogen and oxygen atoms in total. The molecule has 116 valence electrons. The number of carbonyl (C=O) groups is 1. The van der Waals surface area contributed by atoms with Crippen LogP contribution in [0.3, 0.4) is 0 Å². The van der Waals surface area contributed by atoms with Crippen LogP contribution in [0.5, 0.6) is 0 Å². The van der Waals surface area contributed by atoms with Gasteiger partial charge in [-0.1, -0.05) is 12.1 Å². The molecule has 2 atom stereocenters. The van der Waals surface area contributed by atoms with E-state index in [2.05, 4.69) is 15.6 Å². The van der Waals surface area contributed by atoms with Crippen LogP contribution in [0, 0.1) is 6.92 Å². The van der Waals surface area contributed by atoms with Gasteiger partial charge in [-0.25, -0.2) is 4.98 Å². The van der Waals surface area contributed by atoms with E-state index in [-0.39, 0.29) is 18.1 Å². The topological polar surface area (TPSA) is 63.2 Å². The lowest BCUT2D eigenvalue weighted by atomic mass is 10.1. The van der Waals surface area contributed by atoms with Crippen LogP contribution in [0.4, 0.5) is 5.69 Å². The summed E-state index contributed by atoms with van der Waals surface area (Å²) in [7, 11) is 0. The van der Waals surface area contributed by atoms with Crippen molar-refractivity contribution in [2.45, 2.75) is 26.0 Å². The van der Waals surface area contributed by atoms with Gasteiger partial charge in [0.25, 0.3) is 0 Å². The lowest BCUT2D eigenvalue weighted by molar-refractivity contribution is -0.123. The van der Waals surface area contributed by atoms with E-state index in [4.69, 9.17) is 4.74 Å². The number of morpholine rings is 1. The Morgan fingerprint density at radius 1 is 1.41 bits per heavy atom. The third-order valence-corrected chi connectivity index (χ3v) is 4.44. The summed E-state index contributed by atoms with van der Waals surface area (Å²) in [5, 5.41) is 9.19. The van der Waals surface area contributed by atoms with Gasteiger partial charge in [0.15, 0.2) is 0 Å². The molecule has 2 heterocycles. The van der Waals surface area contributed by atoms with E-state index in [1.54, 1.807) is 11.3 Å². The Balaban J connectivity index is 1.67. The Hall–Kier alpha value is -1.76. The zero-order valence-electron chi connectivity index (χ0n) is 12.6. The van der Waals surface area contributed by atoms with Crippen molar-refractivity contribution in [2.24, 2.45) is 0 Å². The molecule has 6 heteroatoms. The van der Waals surface area contributed by atoms with Gasteiger partial charge in [-0.3, -0.25) is 4.79 Å². The maximum atomic E-state index is 12.3. The summed E-state index contributed by atoms with van der Waals surface area (Å²) in [4.78, 5) is 16.7. The maximum Gasteiger partial charge on any atom is 0.244 e. The van der Waals surface area contributed by atoms with Gasteiger partial charge in [-0.2, -0.15) is 0 Å². The largest absolute Gasteiger partial charge is 0.375 e. The minimum Gasteiger partial charge on any atom is -0.375 e. The Labute approximate surface area is 133 Å². The SMILES string of the molecule is Cc1nc(-c2ccc(NC(=O)[C@H]3NCCO[C@@H]3C)cc2)cs1. The Morgan fingerprint density at radius 2 is 2.18 bits per heavy atom. The number of ether oxygens (including phenoxy) is 1. The summed E-state index contributed by atoms with van der Waals surface area (Å²) in [6.45, 7) is 5.24. The number of amides is 1. The number of aromatic nitrogens is 1. The van der Waals surface area contributed by atoms with Crippen molar-refractivity contribution in [3.8, 4) is 11.3 Å². The van der Waals surface area contributed by atoms with Crippen LogP contribution >= 0.6 is 11.3 Å². The number of nitrogens with zero attached hydrogens (tertiary/aromatic N) is 1. The molecule has 0 aliphatic carbocycles. The average molecular weight is 317 g/mol. The Kier molecular flexibility index (Phi) is 4.52. The first kappa shape index (κ1) is 15.1. The molecule has 3 rings (SSSR count). The fourth-order valence-electron chi connectivity index (χ4n) is 2.47. The van der Waals surface area contributed by atoms with Gasteiger partial charge in [0.2, 0.25) is 5.91 Å². The highest BCUT2D eigenvalue weighted by atomic mass is 32.1. The number of thiazole rings is 1. The zero-order chi connectivity index (χ0) is 15.5. The molecular formula is C16H19N3O2S. The van der Waals surface area contributed by atoms with Crippen molar-refractivity contribution in [1.29, 1.82) is 0 Å². The average Bonchev–Trinajstić information content (AvgIpc) is 2.95. The first-order valence-electron chi connectivity index (χ1n) is 7.32. The normalized spacial score (nSPS) is 21.5. The van der Waals surface area contributed by atoms with Crippen molar-refractivity contribution in [2.75, 3.05) is 18.5 Å². The van der Waals surface area contributed by atoms with Gasteiger partial charge >= 0.3 is 0 Å². The monoisotopic (exact) mass is 317 g/mol. The van der Waals surface area contributed by atoms with Crippen LogP contribution < -0.4 is 10.6 Å². The Bertz CT molecular complexity index is 654. The third kappa shape index (κ3) is 3.35. The summed E-state index contributed by atoms with van der Waals surface area (Å²) in [5.74, 6) is -0.0653. The van der Waals surface area contributed by atoms with Gasteiger partial charge < -0.3 is 15.4 Å². The van der Waals surface area contributed by atoms with Crippen LogP contribution in [0.25, 0.3) is 11.3 Å². The second kappa shape index (κ2) is 6.56. The molecule has 1 aliphatic heterocycles. The van der Waals surface area contributed by atoms with Crippen LogP contribution in [0.15, 0.2) is 29.6 Å². The minimum absolute atomic E-state index is 0.0653. The predicted octanol–water partition coefficient (Wildman–Crippen LogP) is 2.43. The molecule has 1 aromatic carbocycles. The van der Waals surface area contributed by atoms with Gasteiger partial charge in [0.1, 0.15) is 6.04 Å². The minimum atomic E-state index is -0.311. The smallest absolute Gasteiger partial charge is 0.244 e. The van der Waals surface area contributed by atoms with Crippen molar-refractivity contribution in [1.82, 2.24) is 10.3 Å². The lowest BCUT2D eigenvalue weighted by Crippen LogP contribution is -2.53. The summed E-state index contributed by atoms with van der Waals surface area (Å²) >= 11 is 1.63. The number of benzene rings is 1. The molecule has 0 radical (unpaired) electrons. The Morgan fingerprint density at radius 3 is 2.82 bits per heavy atom. The quantitative estimate of drug-likeness (QED) is 0.913. The number of aryl methyl sites for hydroxylation is 1. The van der Waals surface area contributed by atoms with E-state index >= 15 is 0 Å². The number of hydrogen-bond donors (Lipinski definition) is 2. The van der Waals surface area contributed by atoms with E-state index in [9.17, 15) is 4.79 Å². The number of carbonyl (C=O) groups excluding carboxylic acids is 1. The summed E-state index contributed by atoms with van der Waals surface area (Å²) in [6.07, 6.45) is -0.119. The third-order valence-electron chi connectivity index (χ3n) is 3.67. The molecule has 0 bridgehead atoms. The van der Waals surface area contributed by atoms with E-state index in [1.807, 2.05) is 43.5 Å². The van der Waals surface area contributed by atoms with Gasteiger partial charge in [0, 0.05) is 23.2 Å². The number of anilines is 1. The summed E-state index contributed by atoms with van der Waals surface area (Å²) in [6, 6.07) is 7.43. The molecule has 2 N–H and O–H groups in total. The molecule has 1 aliphatic rings. The first-order valence-corrected chi connectivity index (χ1v) is 8.20. The molecule has 1 aromatic heterocycles. The fraction of sp³-hybridized carbons (Fsp3) is 0.375. The van der Waals surface area contributed by atoms with Gasteiger partial charge in [0.05, 0.1) is 23.4 Å². The van der Waals surface area contributed by atoms with Crippen molar-refractivity contribution in [3.63, 3.8) is 0 Å². The van der Waals surface area contributed by atoms with Crippen LogP contribution in [0.2, 0.25) is 0 Å². The van der Waals surface area contributed by atoms with E-state index in [1.165, 1.54) is 0 Å². The standard InChI is InChI=1S/C16H19N3O2S/c1-10-15(17-7-8-21-10)16(20)19-13-5-3-12(4-6-13)14-9-22-11(2)18-14/h3-6,9-10,15,17H,7-8H2,1-2H3,(H,19,20)/t10-,15+/m1/s1. The van der Waals surface area contributed by atoms with E-state index in [0.29, 0.717) is 13.2 Å². The molecule has 0 saturated carbocycles. The molecule has 0 unspecified atom stereocenters. The van der Waals surface area contributed by atoms with Crippen molar-refractivity contribution in [3.05, 3.63) is 34.7 Å². The van der Waals surface area contributed by atoms with Gasteiger partial charge in [-0.05, 0) is 26.0 Å². The number of rotatable bonds is 3. The van der Waals surface area contributed by atoms with E-state index < -0.39 is 0 Å². The molecule has 1 amide bonds. The van der Waals surface area contributed by atoms with Crippen LogP contribution in [-0.2, 0) is 9.53 Å². The zero-order valence-corrected chi connectivity index (χ0v) is 13.4. The maximum absolute atomic E-state index is 12.3. The fourth-order valence-corrected chi connectivity index (χ4v) is 3.09.